The van der Waals surface area contributed by atoms with Crippen LogP contribution >= 0.6 is 11.8 Å². The molecule has 28 heavy (non-hydrogen) atoms. The molecule has 1 saturated heterocycles. The first kappa shape index (κ1) is 20.5. The molecule has 1 aromatic carbocycles. The lowest BCUT2D eigenvalue weighted by Crippen LogP contribution is -2.62. The van der Waals surface area contributed by atoms with Gasteiger partial charge >= 0.3 is 6.03 Å². The number of carbonyl (C=O) groups excluding carboxylic acids is 3. The van der Waals surface area contributed by atoms with Crippen LogP contribution in [0, 0.1) is 11.8 Å². The number of urea groups is 1. The Balaban J connectivity index is 1.41. The largest absolute Gasteiger partial charge is 0.355 e. The Kier molecular flexibility index (Phi) is 7.14. The smallest absolute Gasteiger partial charge is 0.324 e. The van der Waals surface area contributed by atoms with E-state index in [4.69, 9.17) is 0 Å². The number of benzene rings is 1. The maximum Gasteiger partial charge on any atom is 0.324 e. The van der Waals surface area contributed by atoms with E-state index in [0.717, 1.165) is 11.5 Å². The number of nitrogens with zero attached hydrogens (tertiary/aromatic N) is 1. The fourth-order valence-corrected chi connectivity index (χ4v) is 4.68. The van der Waals surface area contributed by atoms with Gasteiger partial charge in [0.05, 0.1) is 5.92 Å². The lowest BCUT2D eigenvalue weighted by atomic mass is 9.76. The highest BCUT2D eigenvalue weighted by Crippen LogP contribution is 2.33. The predicted octanol–water partition coefficient (Wildman–Crippen LogP) is 2.56. The van der Waals surface area contributed by atoms with Gasteiger partial charge in [-0.05, 0) is 24.8 Å². The van der Waals surface area contributed by atoms with Crippen molar-refractivity contribution in [2.75, 3.05) is 18.8 Å². The van der Waals surface area contributed by atoms with Crippen molar-refractivity contribution in [3.8, 4) is 0 Å². The molecule has 2 fully saturated rings. The molecular formula is C21H27N3O3S. The van der Waals surface area contributed by atoms with Crippen molar-refractivity contribution in [3.05, 3.63) is 48.6 Å². The Morgan fingerprint density at radius 3 is 2.82 bits per heavy atom. The number of hydrogen-bond acceptors (Lipinski definition) is 4. The summed E-state index contributed by atoms with van der Waals surface area (Å²) < 4.78 is 0. The molecule has 4 amide bonds. The minimum atomic E-state index is -0.385. The van der Waals surface area contributed by atoms with Gasteiger partial charge in [0.15, 0.2) is 0 Å². The van der Waals surface area contributed by atoms with Crippen LogP contribution in [-0.2, 0) is 15.3 Å². The van der Waals surface area contributed by atoms with Crippen LogP contribution in [-0.4, -0.2) is 47.6 Å². The summed E-state index contributed by atoms with van der Waals surface area (Å²) in [5, 5.41) is 5.90. The van der Waals surface area contributed by atoms with Gasteiger partial charge in [-0.15, -0.1) is 6.58 Å². The van der Waals surface area contributed by atoms with Crippen molar-refractivity contribution < 1.29 is 14.4 Å². The Bertz CT molecular complexity index is 725. The number of hydrogen-bond donors (Lipinski definition) is 2. The standard InChI is InChI=1S/C21H27N3O3S/c1-2-11-24-20(26)17-9-8-16(13-18(17)23-21(24)27)19(25)22-10-12-28-14-15-6-4-3-5-7-15/h2-7,16-18H,1,8-14H2,(H,22,25)(H,23,27). The molecule has 0 spiro atoms. The van der Waals surface area contributed by atoms with Gasteiger partial charge in [0, 0.05) is 36.6 Å². The van der Waals surface area contributed by atoms with Gasteiger partial charge in [0.25, 0.3) is 0 Å². The lowest BCUT2D eigenvalue weighted by Gasteiger charge is -2.41. The van der Waals surface area contributed by atoms with Crippen LogP contribution in [0.4, 0.5) is 4.79 Å². The molecule has 0 aromatic heterocycles. The Morgan fingerprint density at radius 1 is 1.29 bits per heavy atom. The van der Waals surface area contributed by atoms with E-state index in [-0.39, 0.29) is 42.3 Å². The summed E-state index contributed by atoms with van der Waals surface area (Å²) in [7, 11) is 0. The second-order valence-electron chi connectivity index (χ2n) is 7.24. The third-order valence-electron chi connectivity index (χ3n) is 5.33. The number of carbonyl (C=O) groups is 3. The maximum absolute atomic E-state index is 12.5. The normalized spacial score (nSPS) is 24.3. The third kappa shape index (κ3) is 4.95. The summed E-state index contributed by atoms with van der Waals surface area (Å²) in [6.45, 7) is 4.44. The quantitative estimate of drug-likeness (QED) is 0.518. The lowest BCUT2D eigenvalue weighted by molar-refractivity contribution is -0.138. The molecule has 1 aromatic rings. The van der Waals surface area contributed by atoms with Crippen molar-refractivity contribution in [2.24, 2.45) is 11.8 Å². The summed E-state index contributed by atoms with van der Waals surface area (Å²) in [6, 6.07) is 9.61. The Hall–Kier alpha value is -2.28. The van der Waals surface area contributed by atoms with Gasteiger partial charge < -0.3 is 10.6 Å². The molecule has 1 aliphatic carbocycles. The molecule has 0 radical (unpaired) electrons. The highest BCUT2D eigenvalue weighted by Gasteiger charge is 2.44. The molecule has 1 saturated carbocycles. The Morgan fingerprint density at radius 2 is 2.07 bits per heavy atom. The molecule has 1 heterocycles. The van der Waals surface area contributed by atoms with Crippen molar-refractivity contribution in [2.45, 2.75) is 31.1 Å². The number of imide groups is 1. The molecule has 3 unspecified atom stereocenters. The van der Waals surface area contributed by atoms with Gasteiger partial charge in [-0.3, -0.25) is 14.5 Å². The number of amides is 4. The number of thioether (sulfide) groups is 1. The Labute approximate surface area is 170 Å². The average Bonchev–Trinajstić information content (AvgIpc) is 2.71. The fraction of sp³-hybridized carbons (Fsp3) is 0.476. The van der Waals surface area contributed by atoms with E-state index in [0.29, 0.717) is 25.8 Å². The van der Waals surface area contributed by atoms with E-state index in [1.807, 2.05) is 18.2 Å². The highest BCUT2D eigenvalue weighted by atomic mass is 32.2. The zero-order chi connectivity index (χ0) is 19.9. The first-order valence-corrected chi connectivity index (χ1v) is 10.9. The SMILES string of the molecule is C=CCN1C(=O)NC2CC(C(=O)NCCSCc3ccccc3)CCC2C1=O. The second-order valence-corrected chi connectivity index (χ2v) is 8.34. The van der Waals surface area contributed by atoms with E-state index in [9.17, 15) is 14.4 Å². The molecule has 2 aliphatic rings. The van der Waals surface area contributed by atoms with Crippen LogP contribution in [0.3, 0.4) is 0 Å². The maximum atomic E-state index is 12.5. The molecule has 7 heteroatoms. The monoisotopic (exact) mass is 401 g/mol. The highest BCUT2D eigenvalue weighted by molar-refractivity contribution is 7.98. The van der Waals surface area contributed by atoms with Gasteiger partial charge in [0.1, 0.15) is 0 Å². The van der Waals surface area contributed by atoms with E-state index < -0.39 is 0 Å². The van der Waals surface area contributed by atoms with Crippen molar-refractivity contribution >= 4 is 29.6 Å². The summed E-state index contributed by atoms with van der Waals surface area (Å²) in [5.41, 5.74) is 1.28. The number of fused-ring (bicyclic) bond motifs is 1. The summed E-state index contributed by atoms with van der Waals surface area (Å²) in [5.74, 6) is 1.27. The predicted molar refractivity (Wildman–Crippen MR) is 111 cm³/mol. The molecule has 0 bridgehead atoms. The minimum absolute atomic E-state index is 0.0222. The summed E-state index contributed by atoms with van der Waals surface area (Å²) in [6.07, 6.45) is 3.37. The van der Waals surface area contributed by atoms with Crippen molar-refractivity contribution in [1.82, 2.24) is 15.5 Å². The van der Waals surface area contributed by atoms with Gasteiger partial charge in [0.2, 0.25) is 11.8 Å². The van der Waals surface area contributed by atoms with Crippen LogP contribution in [0.25, 0.3) is 0 Å². The average molecular weight is 402 g/mol. The fourth-order valence-electron chi connectivity index (χ4n) is 3.86. The van der Waals surface area contributed by atoms with Crippen LogP contribution in [0.15, 0.2) is 43.0 Å². The van der Waals surface area contributed by atoms with Crippen LogP contribution in [0.5, 0.6) is 0 Å². The van der Waals surface area contributed by atoms with E-state index >= 15 is 0 Å². The van der Waals surface area contributed by atoms with Gasteiger partial charge in [-0.2, -0.15) is 11.8 Å². The molecule has 150 valence electrons. The number of nitrogens with one attached hydrogen (secondary N) is 2. The van der Waals surface area contributed by atoms with Crippen LogP contribution in [0.2, 0.25) is 0 Å². The van der Waals surface area contributed by atoms with E-state index in [1.54, 1.807) is 17.8 Å². The van der Waals surface area contributed by atoms with Gasteiger partial charge in [-0.1, -0.05) is 36.4 Å². The minimum Gasteiger partial charge on any atom is -0.355 e. The molecular weight excluding hydrogens is 374 g/mol. The van der Waals surface area contributed by atoms with Crippen molar-refractivity contribution in [1.29, 1.82) is 0 Å². The summed E-state index contributed by atoms with van der Waals surface area (Å²) in [4.78, 5) is 38.3. The molecule has 3 rings (SSSR count). The molecule has 6 nitrogen and oxygen atoms in total. The second kappa shape index (κ2) is 9.78. The van der Waals surface area contributed by atoms with E-state index in [2.05, 4.69) is 29.3 Å². The zero-order valence-electron chi connectivity index (χ0n) is 15.9. The molecule has 3 atom stereocenters. The molecule has 2 N–H and O–H groups in total. The number of rotatable bonds is 8. The van der Waals surface area contributed by atoms with Gasteiger partial charge in [-0.25, -0.2) is 4.79 Å². The topological polar surface area (TPSA) is 78.5 Å². The van der Waals surface area contributed by atoms with Crippen LogP contribution < -0.4 is 10.6 Å². The van der Waals surface area contributed by atoms with Crippen LogP contribution in [0.1, 0.15) is 24.8 Å². The molecule has 1 aliphatic heterocycles. The van der Waals surface area contributed by atoms with E-state index in [1.165, 1.54) is 10.5 Å². The first-order valence-electron chi connectivity index (χ1n) is 9.72. The zero-order valence-corrected chi connectivity index (χ0v) is 16.7. The third-order valence-corrected chi connectivity index (χ3v) is 6.36. The first-order chi connectivity index (χ1) is 13.6. The van der Waals surface area contributed by atoms with Crippen molar-refractivity contribution in [3.63, 3.8) is 0 Å². The summed E-state index contributed by atoms with van der Waals surface area (Å²) >= 11 is 1.79.